The van der Waals surface area contributed by atoms with Gasteiger partial charge in [-0.1, -0.05) is 35.0 Å². The van der Waals surface area contributed by atoms with Crippen LogP contribution in [0.4, 0.5) is 0 Å². The Hall–Kier alpha value is -2.61. The molecule has 1 aliphatic heterocycles. The van der Waals surface area contributed by atoms with Gasteiger partial charge in [0.05, 0.1) is 11.3 Å². The van der Waals surface area contributed by atoms with Crippen LogP contribution in [0.1, 0.15) is 5.76 Å². The lowest BCUT2D eigenvalue weighted by Crippen LogP contribution is -2.17. The molecule has 0 fully saturated rings. The second-order valence-corrected chi connectivity index (χ2v) is 7.35. The SMILES string of the molecule is Clc1ccc(-c2ccc(C3=CSc4nnc(-c5ccco5)n4N3)o2)c(Cl)c1. The zero-order valence-corrected chi connectivity index (χ0v) is 15.8. The van der Waals surface area contributed by atoms with Crippen molar-refractivity contribution in [2.24, 2.45) is 0 Å². The van der Waals surface area contributed by atoms with Gasteiger partial charge in [0.2, 0.25) is 11.0 Å². The molecule has 0 bridgehead atoms. The van der Waals surface area contributed by atoms with Crippen LogP contribution in [-0.2, 0) is 0 Å². The first-order valence-corrected chi connectivity index (χ1v) is 9.51. The third kappa shape index (κ3) is 2.93. The number of nitrogens with one attached hydrogen (secondary N) is 1. The van der Waals surface area contributed by atoms with Crippen LogP contribution < -0.4 is 5.43 Å². The highest BCUT2D eigenvalue weighted by Gasteiger charge is 2.22. The molecule has 1 aromatic carbocycles. The van der Waals surface area contributed by atoms with Gasteiger partial charge in [-0.2, -0.15) is 0 Å². The van der Waals surface area contributed by atoms with Gasteiger partial charge in [0.1, 0.15) is 11.5 Å². The molecule has 0 spiro atoms. The highest BCUT2D eigenvalue weighted by molar-refractivity contribution is 8.02. The van der Waals surface area contributed by atoms with E-state index in [1.165, 1.54) is 11.8 Å². The molecule has 4 aromatic rings. The van der Waals surface area contributed by atoms with Crippen LogP contribution in [0.2, 0.25) is 10.0 Å². The molecule has 5 rings (SSSR count). The summed E-state index contributed by atoms with van der Waals surface area (Å²) in [6, 6.07) is 12.7. The van der Waals surface area contributed by atoms with Crippen molar-refractivity contribution in [1.82, 2.24) is 14.9 Å². The molecule has 0 aliphatic carbocycles. The van der Waals surface area contributed by atoms with E-state index in [0.717, 1.165) is 11.3 Å². The summed E-state index contributed by atoms with van der Waals surface area (Å²) in [6.07, 6.45) is 1.60. The molecule has 0 atom stereocenters. The maximum Gasteiger partial charge on any atom is 0.219 e. The van der Waals surface area contributed by atoms with E-state index in [2.05, 4.69) is 15.6 Å². The number of fused-ring (bicyclic) bond motifs is 1. The molecule has 0 amide bonds. The van der Waals surface area contributed by atoms with Crippen LogP contribution in [0.5, 0.6) is 0 Å². The Morgan fingerprint density at radius 3 is 2.70 bits per heavy atom. The first-order chi connectivity index (χ1) is 13.2. The maximum absolute atomic E-state index is 6.28. The number of thioether (sulfide) groups is 1. The van der Waals surface area contributed by atoms with E-state index in [4.69, 9.17) is 32.0 Å². The lowest BCUT2D eigenvalue weighted by atomic mass is 10.2. The van der Waals surface area contributed by atoms with Crippen LogP contribution >= 0.6 is 35.0 Å². The minimum atomic E-state index is 0.532. The zero-order valence-electron chi connectivity index (χ0n) is 13.5. The van der Waals surface area contributed by atoms with Gasteiger partial charge in [0.15, 0.2) is 11.5 Å². The van der Waals surface area contributed by atoms with Gasteiger partial charge in [0.25, 0.3) is 0 Å². The van der Waals surface area contributed by atoms with Crippen molar-refractivity contribution in [3.63, 3.8) is 0 Å². The first-order valence-electron chi connectivity index (χ1n) is 7.88. The molecule has 1 aliphatic rings. The Labute approximate surface area is 167 Å². The molecule has 0 saturated heterocycles. The van der Waals surface area contributed by atoms with E-state index in [0.29, 0.717) is 38.3 Å². The van der Waals surface area contributed by atoms with Gasteiger partial charge in [-0.05, 0) is 42.5 Å². The topological polar surface area (TPSA) is 69.0 Å². The van der Waals surface area contributed by atoms with Crippen molar-refractivity contribution in [2.75, 3.05) is 5.43 Å². The van der Waals surface area contributed by atoms with Crippen molar-refractivity contribution in [2.45, 2.75) is 5.16 Å². The van der Waals surface area contributed by atoms with Crippen molar-refractivity contribution in [1.29, 1.82) is 0 Å². The molecule has 134 valence electrons. The Balaban J connectivity index is 1.47. The molecule has 3 aromatic heterocycles. The van der Waals surface area contributed by atoms with Gasteiger partial charge >= 0.3 is 0 Å². The minimum absolute atomic E-state index is 0.532. The van der Waals surface area contributed by atoms with E-state index in [1.807, 2.05) is 29.7 Å². The quantitative estimate of drug-likeness (QED) is 0.458. The summed E-state index contributed by atoms with van der Waals surface area (Å²) < 4.78 is 13.2. The van der Waals surface area contributed by atoms with Gasteiger partial charge in [0, 0.05) is 16.0 Å². The fourth-order valence-electron chi connectivity index (χ4n) is 2.70. The number of rotatable bonds is 3. The normalized spacial score (nSPS) is 13.2. The number of benzene rings is 1. The number of furan rings is 2. The molecule has 1 N–H and O–H groups in total. The highest BCUT2D eigenvalue weighted by atomic mass is 35.5. The first kappa shape index (κ1) is 16.6. The molecular weight excluding hydrogens is 407 g/mol. The summed E-state index contributed by atoms with van der Waals surface area (Å²) >= 11 is 13.7. The summed E-state index contributed by atoms with van der Waals surface area (Å²) in [7, 11) is 0. The fraction of sp³-hybridized carbons (Fsp3) is 0. The summed E-state index contributed by atoms with van der Waals surface area (Å²) in [5.74, 6) is 2.52. The lowest BCUT2D eigenvalue weighted by Gasteiger charge is -2.16. The van der Waals surface area contributed by atoms with Crippen LogP contribution in [-0.4, -0.2) is 14.9 Å². The number of hydrogen-bond donors (Lipinski definition) is 1. The smallest absolute Gasteiger partial charge is 0.219 e. The molecule has 9 heteroatoms. The van der Waals surface area contributed by atoms with E-state index in [9.17, 15) is 0 Å². The number of aromatic nitrogens is 3. The second kappa shape index (κ2) is 6.53. The molecule has 27 heavy (non-hydrogen) atoms. The van der Waals surface area contributed by atoms with Crippen LogP contribution in [0, 0.1) is 0 Å². The minimum Gasteiger partial charge on any atom is -0.461 e. The Morgan fingerprint density at radius 2 is 1.89 bits per heavy atom. The van der Waals surface area contributed by atoms with E-state index in [1.54, 1.807) is 29.1 Å². The lowest BCUT2D eigenvalue weighted by molar-refractivity contribution is 0.563. The predicted octanol–water partition coefficient (Wildman–Crippen LogP) is 5.75. The Bertz CT molecular complexity index is 1160. The molecule has 6 nitrogen and oxygen atoms in total. The second-order valence-electron chi connectivity index (χ2n) is 5.67. The van der Waals surface area contributed by atoms with Crippen molar-refractivity contribution in [3.8, 4) is 22.9 Å². The Morgan fingerprint density at radius 1 is 1.00 bits per heavy atom. The predicted molar refractivity (Wildman–Crippen MR) is 105 cm³/mol. The van der Waals surface area contributed by atoms with Gasteiger partial charge < -0.3 is 8.83 Å². The van der Waals surface area contributed by atoms with E-state index < -0.39 is 0 Å². The monoisotopic (exact) mass is 416 g/mol. The van der Waals surface area contributed by atoms with Gasteiger partial charge in [-0.15, -0.1) is 10.2 Å². The number of halogens is 2. The third-order valence-corrected chi connectivity index (χ3v) is 5.33. The number of hydrogen-bond acceptors (Lipinski definition) is 6. The largest absolute Gasteiger partial charge is 0.461 e. The molecule has 0 saturated carbocycles. The Kier molecular flexibility index (Phi) is 4.00. The average Bonchev–Trinajstić information content (AvgIpc) is 3.41. The summed E-state index contributed by atoms with van der Waals surface area (Å²) in [5, 5.41) is 12.1. The molecular formula is C18H10Cl2N4O2S. The van der Waals surface area contributed by atoms with Gasteiger partial charge in [-0.3, -0.25) is 5.43 Å². The third-order valence-electron chi connectivity index (χ3n) is 3.96. The zero-order chi connectivity index (χ0) is 18.4. The molecule has 0 radical (unpaired) electrons. The van der Waals surface area contributed by atoms with Crippen LogP contribution in [0.25, 0.3) is 28.6 Å². The highest BCUT2D eigenvalue weighted by Crippen LogP contribution is 2.35. The van der Waals surface area contributed by atoms with Crippen LogP contribution in [0.15, 0.2) is 68.1 Å². The van der Waals surface area contributed by atoms with Gasteiger partial charge in [-0.25, -0.2) is 4.68 Å². The molecule has 0 unspecified atom stereocenters. The van der Waals surface area contributed by atoms with Crippen molar-refractivity contribution >= 4 is 40.7 Å². The summed E-state index contributed by atoms with van der Waals surface area (Å²) in [5.41, 5.74) is 4.81. The summed E-state index contributed by atoms with van der Waals surface area (Å²) in [6.45, 7) is 0. The summed E-state index contributed by atoms with van der Waals surface area (Å²) in [4.78, 5) is 0. The van der Waals surface area contributed by atoms with E-state index >= 15 is 0 Å². The maximum atomic E-state index is 6.28. The van der Waals surface area contributed by atoms with Crippen molar-refractivity contribution < 1.29 is 8.83 Å². The standard InChI is InChI=1S/C18H10Cl2N4O2S/c19-10-3-4-11(12(20)8-10)14-5-6-15(26-14)13-9-27-18-22-21-17(24(18)23-13)16-2-1-7-25-16/h1-9,23H. The average molecular weight is 417 g/mol. The van der Waals surface area contributed by atoms with Crippen LogP contribution in [0.3, 0.4) is 0 Å². The van der Waals surface area contributed by atoms with Crippen molar-refractivity contribution in [3.05, 3.63) is 69.9 Å². The molecule has 4 heterocycles. The fourth-order valence-corrected chi connectivity index (χ4v) is 3.92. The number of nitrogens with zero attached hydrogens (tertiary/aromatic N) is 3. The van der Waals surface area contributed by atoms with E-state index in [-0.39, 0.29) is 0 Å².